The van der Waals surface area contributed by atoms with E-state index in [1.165, 1.54) is 0 Å². The Hall–Kier alpha value is -0.720. The van der Waals surface area contributed by atoms with Crippen LogP contribution in [0.15, 0.2) is 24.8 Å². The van der Waals surface area contributed by atoms with Crippen LogP contribution in [0, 0.1) is 12.8 Å². The minimum atomic E-state index is -1.17. The highest BCUT2D eigenvalue weighted by atomic mass is 35.5. The predicted octanol–water partition coefficient (Wildman–Crippen LogP) is 4.31. The maximum absolute atomic E-state index is 12.9. The van der Waals surface area contributed by atoms with Crippen LogP contribution in [0.1, 0.15) is 50.8 Å². The molecule has 2 rings (SSSR count). The molecule has 1 aliphatic heterocycles. The maximum Gasteiger partial charge on any atom is 0.136 e. The summed E-state index contributed by atoms with van der Waals surface area (Å²) in [7, 11) is 0. The van der Waals surface area contributed by atoms with E-state index in [2.05, 4.69) is 22.7 Å². The van der Waals surface area contributed by atoms with Gasteiger partial charge in [0.05, 0.1) is 6.04 Å². The molecule has 1 aromatic rings. The second-order valence-corrected chi connectivity index (χ2v) is 10.2. The van der Waals surface area contributed by atoms with Crippen molar-refractivity contribution in [2.45, 2.75) is 51.3 Å². The summed E-state index contributed by atoms with van der Waals surface area (Å²) in [6, 6.07) is 3.89. The number of halogens is 1. The van der Waals surface area contributed by atoms with Gasteiger partial charge in [-0.15, -0.1) is 4.72 Å². The first-order chi connectivity index (χ1) is 12.2. The lowest BCUT2D eigenvalue weighted by Gasteiger charge is -2.35. The Bertz CT molecular complexity index is 613. The van der Waals surface area contributed by atoms with Gasteiger partial charge in [0.1, 0.15) is 17.1 Å². The molecule has 0 bridgehead atoms. The summed E-state index contributed by atoms with van der Waals surface area (Å²) in [5.74, 6) is 1.12. The number of ether oxygens (including phenoxy) is 1. The highest BCUT2D eigenvalue weighted by Crippen LogP contribution is 2.38. The molecule has 1 fully saturated rings. The number of hydrogen-bond donors (Lipinski definition) is 2. The Morgan fingerprint density at radius 2 is 2.08 bits per heavy atom. The van der Waals surface area contributed by atoms with Gasteiger partial charge in [-0.25, -0.2) is 0 Å². The lowest BCUT2D eigenvalue weighted by atomic mass is 9.85. The van der Waals surface area contributed by atoms with E-state index in [-0.39, 0.29) is 10.8 Å². The first-order valence-corrected chi connectivity index (χ1v) is 10.7. The van der Waals surface area contributed by atoms with Gasteiger partial charge in [-0.05, 0) is 77.2 Å². The second kappa shape index (κ2) is 9.47. The molecule has 1 saturated heterocycles. The minimum Gasteiger partial charge on any atom is -0.598 e. The molecule has 146 valence electrons. The number of hydrogen-bond acceptors (Lipinski definition) is 4. The van der Waals surface area contributed by atoms with Crippen LogP contribution in [0.2, 0.25) is 5.02 Å². The van der Waals surface area contributed by atoms with Crippen molar-refractivity contribution in [3.05, 3.63) is 40.9 Å². The first-order valence-electron chi connectivity index (χ1n) is 9.16. The smallest absolute Gasteiger partial charge is 0.136 e. The van der Waals surface area contributed by atoms with Crippen LogP contribution in [0.3, 0.4) is 0 Å². The molecule has 2 atom stereocenters. The van der Waals surface area contributed by atoms with E-state index >= 15 is 0 Å². The summed E-state index contributed by atoms with van der Waals surface area (Å²) >= 11 is 5.16. The van der Waals surface area contributed by atoms with Gasteiger partial charge in [0.2, 0.25) is 0 Å². The Morgan fingerprint density at radius 1 is 1.42 bits per heavy atom. The summed E-state index contributed by atoms with van der Waals surface area (Å²) in [6.45, 7) is 14.0. The Morgan fingerprint density at radius 3 is 2.65 bits per heavy atom. The molecule has 1 heterocycles. The van der Waals surface area contributed by atoms with Crippen molar-refractivity contribution in [2.75, 3.05) is 19.7 Å². The monoisotopic (exact) mass is 398 g/mol. The second-order valence-electron chi connectivity index (χ2n) is 7.80. The topological polar surface area (TPSA) is 56.3 Å². The Labute approximate surface area is 166 Å². The molecule has 4 nitrogen and oxygen atoms in total. The van der Waals surface area contributed by atoms with Gasteiger partial charge in [0, 0.05) is 21.9 Å². The zero-order valence-electron chi connectivity index (χ0n) is 16.2. The van der Waals surface area contributed by atoms with Crippen molar-refractivity contribution in [3.8, 4) is 5.75 Å². The van der Waals surface area contributed by atoms with Gasteiger partial charge in [-0.1, -0.05) is 24.3 Å². The molecule has 1 aromatic carbocycles. The highest BCUT2D eigenvalue weighted by Gasteiger charge is 2.35. The largest absolute Gasteiger partial charge is 0.598 e. The molecule has 0 radical (unpaired) electrons. The summed E-state index contributed by atoms with van der Waals surface area (Å²) in [6.07, 6.45) is 3.78. The van der Waals surface area contributed by atoms with Crippen molar-refractivity contribution < 1.29 is 9.29 Å². The number of benzene rings is 1. The molecule has 0 saturated carbocycles. The van der Waals surface area contributed by atoms with E-state index in [4.69, 9.17) is 16.3 Å². The third-order valence-corrected chi connectivity index (χ3v) is 6.62. The van der Waals surface area contributed by atoms with E-state index < -0.39 is 11.4 Å². The molecular formula is C20H31ClN2O2S. The standard InChI is InChI=1S/C20H31ClN2O2S/c1-6-11-25-18-13-17(21)14(2)12-16(18)19(15-7-9-22-10-8-15)23-26(24)20(3,4)5/h6,12-13,15,19,22-23H,1,7-11H2,2-5H3. The van der Waals surface area contributed by atoms with Crippen LogP contribution >= 0.6 is 11.6 Å². The summed E-state index contributed by atoms with van der Waals surface area (Å²) < 4.78 is 21.8. The Kier molecular flexibility index (Phi) is 7.86. The quantitative estimate of drug-likeness (QED) is 0.531. The molecule has 26 heavy (non-hydrogen) atoms. The van der Waals surface area contributed by atoms with Crippen molar-refractivity contribution in [3.63, 3.8) is 0 Å². The predicted molar refractivity (Wildman–Crippen MR) is 111 cm³/mol. The summed E-state index contributed by atoms with van der Waals surface area (Å²) in [5.41, 5.74) is 2.02. The van der Waals surface area contributed by atoms with E-state index in [1.54, 1.807) is 6.08 Å². The molecule has 0 amide bonds. The lowest BCUT2D eigenvalue weighted by Crippen LogP contribution is -2.45. The fourth-order valence-electron chi connectivity index (χ4n) is 3.09. The van der Waals surface area contributed by atoms with Crippen LogP contribution in [-0.2, 0) is 11.4 Å². The molecule has 0 aromatic heterocycles. The molecular weight excluding hydrogens is 368 g/mol. The maximum atomic E-state index is 12.9. The van der Waals surface area contributed by atoms with Gasteiger partial charge < -0.3 is 14.6 Å². The fourth-order valence-corrected chi connectivity index (χ4v) is 4.14. The van der Waals surface area contributed by atoms with Gasteiger partial charge in [-0.2, -0.15) is 0 Å². The van der Waals surface area contributed by atoms with Gasteiger partial charge in [-0.3, -0.25) is 0 Å². The third kappa shape index (κ3) is 5.64. The number of piperidine rings is 1. The minimum absolute atomic E-state index is 0.0482. The van der Waals surface area contributed by atoms with Crippen molar-refractivity contribution in [1.29, 1.82) is 0 Å². The number of aryl methyl sites for hydroxylation is 1. The summed E-state index contributed by atoms with van der Waals surface area (Å²) in [4.78, 5) is 0. The normalized spacial score (nSPS) is 18.4. The van der Waals surface area contributed by atoms with Crippen LogP contribution in [0.25, 0.3) is 0 Å². The average Bonchev–Trinajstić information content (AvgIpc) is 2.60. The molecule has 1 aliphatic rings. The Balaban J connectivity index is 2.42. The van der Waals surface area contributed by atoms with Crippen LogP contribution in [-0.4, -0.2) is 29.0 Å². The van der Waals surface area contributed by atoms with Crippen LogP contribution < -0.4 is 14.8 Å². The molecule has 2 N–H and O–H groups in total. The van der Waals surface area contributed by atoms with E-state index in [0.717, 1.165) is 42.8 Å². The average molecular weight is 399 g/mol. The van der Waals surface area contributed by atoms with Gasteiger partial charge in [0.25, 0.3) is 0 Å². The number of nitrogens with one attached hydrogen (secondary N) is 2. The van der Waals surface area contributed by atoms with E-state index in [0.29, 0.717) is 17.5 Å². The van der Waals surface area contributed by atoms with Crippen LogP contribution in [0.4, 0.5) is 0 Å². The first kappa shape index (κ1) is 21.6. The molecule has 0 aliphatic carbocycles. The highest BCUT2D eigenvalue weighted by molar-refractivity contribution is 7.90. The molecule has 0 spiro atoms. The zero-order chi connectivity index (χ0) is 19.3. The van der Waals surface area contributed by atoms with E-state index in [1.807, 2.05) is 33.8 Å². The SMILES string of the molecule is C=CCOc1cc(Cl)c(C)cc1C(N[S+]([O-])C(C)(C)C)C1CCNCC1. The molecule has 6 heteroatoms. The van der Waals surface area contributed by atoms with Gasteiger partial charge in [0.15, 0.2) is 0 Å². The van der Waals surface area contributed by atoms with Crippen molar-refractivity contribution >= 4 is 23.0 Å². The fraction of sp³-hybridized carbons (Fsp3) is 0.600. The zero-order valence-corrected chi connectivity index (χ0v) is 17.8. The van der Waals surface area contributed by atoms with E-state index in [9.17, 15) is 4.55 Å². The van der Waals surface area contributed by atoms with Crippen molar-refractivity contribution in [1.82, 2.24) is 10.0 Å². The number of rotatable bonds is 7. The lowest BCUT2D eigenvalue weighted by molar-refractivity contribution is 0.292. The van der Waals surface area contributed by atoms with Crippen molar-refractivity contribution in [2.24, 2.45) is 5.92 Å². The van der Waals surface area contributed by atoms with Crippen LogP contribution in [0.5, 0.6) is 5.75 Å². The molecule has 2 unspecified atom stereocenters. The summed E-state index contributed by atoms with van der Waals surface area (Å²) in [5, 5.41) is 4.08. The third-order valence-electron chi connectivity index (χ3n) is 4.63. The van der Waals surface area contributed by atoms with Gasteiger partial charge >= 0.3 is 0 Å².